The Morgan fingerprint density at radius 2 is 1.95 bits per heavy atom. The van der Waals surface area contributed by atoms with Crippen LogP contribution < -0.4 is 16.0 Å². The molecule has 0 spiro atoms. The fourth-order valence-corrected chi connectivity index (χ4v) is 3.25. The summed E-state index contributed by atoms with van der Waals surface area (Å²) in [7, 11) is 3.11. The molecule has 108 valence electrons. The normalized spacial score (nSPS) is 11.0. The van der Waals surface area contributed by atoms with Crippen LogP contribution in [-0.4, -0.2) is 16.7 Å². The van der Waals surface area contributed by atoms with Gasteiger partial charge in [0.2, 0.25) is 0 Å². The fraction of sp³-hybridized carbons (Fsp3) is 0.200. The minimum Gasteiger partial charge on any atom is -0.497 e. The number of ether oxygens (including phenoxy) is 1. The van der Waals surface area contributed by atoms with Crippen LogP contribution in [0.2, 0.25) is 0 Å². The van der Waals surface area contributed by atoms with E-state index in [9.17, 15) is 9.59 Å². The summed E-state index contributed by atoms with van der Waals surface area (Å²) in [6.07, 6.45) is 0.717. The van der Waals surface area contributed by atoms with Gasteiger partial charge >= 0.3 is 5.69 Å². The van der Waals surface area contributed by atoms with Gasteiger partial charge in [-0.1, -0.05) is 12.1 Å². The zero-order chi connectivity index (χ0) is 15.0. The van der Waals surface area contributed by atoms with E-state index in [1.165, 1.54) is 18.4 Å². The molecule has 1 N–H and O–H groups in total. The number of aromatic nitrogens is 2. The molecular weight excluding hydrogens is 288 g/mol. The molecule has 21 heavy (non-hydrogen) atoms. The molecular formula is C15H14N2O3S. The minimum absolute atomic E-state index is 0.258. The molecule has 0 radical (unpaired) electrons. The van der Waals surface area contributed by atoms with Crippen molar-refractivity contribution < 1.29 is 4.74 Å². The molecule has 2 aromatic heterocycles. The first-order chi connectivity index (χ1) is 10.1. The Bertz CT molecular complexity index is 903. The fourth-order valence-electron chi connectivity index (χ4n) is 2.18. The van der Waals surface area contributed by atoms with Gasteiger partial charge in [0.05, 0.1) is 12.5 Å². The molecule has 0 bridgehead atoms. The van der Waals surface area contributed by atoms with Crippen LogP contribution in [-0.2, 0) is 13.5 Å². The summed E-state index contributed by atoms with van der Waals surface area (Å²) >= 11 is 1.44. The zero-order valence-electron chi connectivity index (χ0n) is 11.7. The number of aromatic amines is 1. The van der Waals surface area contributed by atoms with Crippen molar-refractivity contribution in [1.82, 2.24) is 9.55 Å². The third-order valence-electron chi connectivity index (χ3n) is 3.38. The molecule has 0 aliphatic heterocycles. The van der Waals surface area contributed by atoms with Gasteiger partial charge in [-0.05, 0) is 23.8 Å². The topological polar surface area (TPSA) is 64.1 Å². The maximum absolute atomic E-state index is 12.0. The summed E-state index contributed by atoms with van der Waals surface area (Å²) in [5.41, 5.74) is 0.484. The molecule has 1 aromatic carbocycles. The molecule has 0 unspecified atom stereocenters. The lowest BCUT2D eigenvalue weighted by atomic mass is 10.1. The van der Waals surface area contributed by atoms with Crippen LogP contribution in [0.4, 0.5) is 0 Å². The van der Waals surface area contributed by atoms with Gasteiger partial charge in [-0.25, -0.2) is 4.79 Å². The third-order valence-corrected chi connectivity index (χ3v) is 4.43. The summed E-state index contributed by atoms with van der Waals surface area (Å²) < 4.78 is 6.22. The van der Waals surface area contributed by atoms with Gasteiger partial charge in [0.1, 0.15) is 10.6 Å². The lowest BCUT2D eigenvalue weighted by Gasteiger charge is -2.01. The molecule has 6 heteroatoms. The quantitative estimate of drug-likeness (QED) is 0.803. The molecule has 0 saturated heterocycles. The highest BCUT2D eigenvalue weighted by atomic mass is 32.1. The maximum atomic E-state index is 12.0. The SMILES string of the molecule is COc1ccc(Cc2cc3c(=O)n(C)c(=O)[nH]c3s2)cc1. The van der Waals surface area contributed by atoms with Crippen LogP contribution in [0.3, 0.4) is 0 Å². The summed E-state index contributed by atoms with van der Waals surface area (Å²) in [6, 6.07) is 9.64. The second kappa shape index (κ2) is 5.21. The van der Waals surface area contributed by atoms with Gasteiger partial charge in [-0.2, -0.15) is 0 Å². The minimum atomic E-state index is -0.384. The van der Waals surface area contributed by atoms with Crippen LogP contribution in [0.25, 0.3) is 10.2 Å². The number of nitrogens with one attached hydrogen (secondary N) is 1. The average Bonchev–Trinajstić information content (AvgIpc) is 2.88. The van der Waals surface area contributed by atoms with Gasteiger partial charge in [-0.15, -0.1) is 11.3 Å². The molecule has 3 aromatic rings. The number of benzene rings is 1. The lowest BCUT2D eigenvalue weighted by Crippen LogP contribution is -2.31. The number of H-pyrrole nitrogens is 1. The van der Waals surface area contributed by atoms with Crippen molar-refractivity contribution in [3.63, 3.8) is 0 Å². The molecule has 3 rings (SSSR count). The van der Waals surface area contributed by atoms with E-state index in [4.69, 9.17) is 4.74 Å². The molecule has 0 atom stereocenters. The van der Waals surface area contributed by atoms with Crippen molar-refractivity contribution in [1.29, 1.82) is 0 Å². The second-order valence-corrected chi connectivity index (χ2v) is 5.91. The Morgan fingerprint density at radius 3 is 2.62 bits per heavy atom. The van der Waals surface area contributed by atoms with Crippen LogP contribution in [0.5, 0.6) is 5.75 Å². The highest BCUT2D eigenvalue weighted by Gasteiger charge is 2.09. The Labute approximate surface area is 124 Å². The highest BCUT2D eigenvalue weighted by Crippen LogP contribution is 2.23. The third kappa shape index (κ3) is 2.50. The summed E-state index contributed by atoms with van der Waals surface area (Å²) in [6.45, 7) is 0. The first-order valence-corrected chi connectivity index (χ1v) is 7.25. The van der Waals surface area contributed by atoms with Crippen molar-refractivity contribution in [3.8, 4) is 5.75 Å². The number of thiophene rings is 1. The number of methoxy groups -OCH3 is 1. The largest absolute Gasteiger partial charge is 0.497 e. The second-order valence-electron chi connectivity index (χ2n) is 4.77. The summed E-state index contributed by atoms with van der Waals surface area (Å²) in [5, 5.41) is 0.561. The van der Waals surface area contributed by atoms with E-state index in [1.807, 2.05) is 30.3 Å². The van der Waals surface area contributed by atoms with Crippen molar-refractivity contribution in [2.75, 3.05) is 7.11 Å². The monoisotopic (exact) mass is 302 g/mol. The smallest absolute Gasteiger partial charge is 0.329 e. The van der Waals surface area contributed by atoms with E-state index in [0.717, 1.165) is 20.8 Å². The Kier molecular flexibility index (Phi) is 3.39. The van der Waals surface area contributed by atoms with E-state index in [0.29, 0.717) is 16.6 Å². The number of fused-ring (bicyclic) bond motifs is 1. The molecule has 0 aliphatic rings. The first-order valence-electron chi connectivity index (χ1n) is 6.43. The van der Waals surface area contributed by atoms with Crippen LogP contribution in [0.15, 0.2) is 39.9 Å². The van der Waals surface area contributed by atoms with Gasteiger partial charge < -0.3 is 4.74 Å². The Morgan fingerprint density at radius 1 is 1.24 bits per heavy atom. The van der Waals surface area contributed by atoms with E-state index < -0.39 is 0 Å². The standard InChI is InChI=1S/C15H14N2O3S/c1-17-14(18)12-8-11(21-13(12)16-15(17)19)7-9-3-5-10(20-2)6-4-9/h3-6,8H,7H2,1-2H3,(H,16,19). The molecule has 5 nitrogen and oxygen atoms in total. The number of hydrogen-bond acceptors (Lipinski definition) is 4. The molecule has 2 heterocycles. The predicted molar refractivity (Wildman–Crippen MR) is 83.5 cm³/mol. The van der Waals surface area contributed by atoms with Crippen molar-refractivity contribution >= 4 is 21.6 Å². The Balaban J connectivity index is 1.99. The summed E-state index contributed by atoms with van der Waals surface area (Å²) in [5.74, 6) is 0.813. The van der Waals surface area contributed by atoms with E-state index in [1.54, 1.807) is 7.11 Å². The Hall–Kier alpha value is -2.34. The molecule has 0 amide bonds. The first kappa shape index (κ1) is 13.6. The predicted octanol–water partition coefficient (Wildman–Crippen LogP) is 1.89. The van der Waals surface area contributed by atoms with Crippen LogP contribution in [0.1, 0.15) is 10.4 Å². The zero-order valence-corrected chi connectivity index (χ0v) is 12.5. The average molecular weight is 302 g/mol. The van der Waals surface area contributed by atoms with E-state index in [2.05, 4.69) is 4.98 Å². The number of nitrogens with zero attached hydrogens (tertiary/aromatic N) is 1. The number of rotatable bonds is 3. The van der Waals surface area contributed by atoms with Crippen LogP contribution >= 0.6 is 11.3 Å². The maximum Gasteiger partial charge on any atom is 0.329 e. The van der Waals surface area contributed by atoms with Crippen LogP contribution in [0, 0.1) is 0 Å². The number of hydrogen-bond donors (Lipinski definition) is 1. The van der Waals surface area contributed by atoms with Crippen molar-refractivity contribution in [2.45, 2.75) is 6.42 Å². The molecule has 0 fully saturated rings. The molecule has 0 aliphatic carbocycles. The van der Waals surface area contributed by atoms with Crippen molar-refractivity contribution in [2.24, 2.45) is 7.05 Å². The van der Waals surface area contributed by atoms with Gasteiger partial charge in [0, 0.05) is 18.3 Å². The van der Waals surface area contributed by atoms with Crippen molar-refractivity contribution in [3.05, 3.63) is 61.6 Å². The summed E-state index contributed by atoms with van der Waals surface area (Å²) in [4.78, 5) is 28.0. The van der Waals surface area contributed by atoms with E-state index in [-0.39, 0.29) is 11.2 Å². The lowest BCUT2D eigenvalue weighted by molar-refractivity contribution is 0.414. The van der Waals surface area contributed by atoms with E-state index >= 15 is 0 Å². The molecule has 0 saturated carbocycles. The van der Waals surface area contributed by atoms with Gasteiger partial charge in [0.25, 0.3) is 5.56 Å². The van der Waals surface area contributed by atoms with Gasteiger partial charge in [-0.3, -0.25) is 14.3 Å². The van der Waals surface area contributed by atoms with Gasteiger partial charge in [0.15, 0.2) is 0 Å². The highest BCUT2D eigenvalue weighted by molar-refractivity contribution is 7.18.